The Balaban J connectivity index is 1.40. The molecular weight excluding hydrogens is 585 g/mol. The van der Waals surface area contributed by atoms with Gasteiger partial charge in [0, 0.05) is 46.0 Å². The summed E-state index contributed by atoms with van der Waals surface area (Å²) in [5, 5.41) is 15.8. The maximum absolute atomic E-state index is 13.0. The minimum absolute atomic E-state index is 0.0192. The predicted molar refractivity (Wildman–Crippen MR) is 149 cm³/mol. The first-order chi connectivity index (χ1) is 18.7. The van der Waals surface area contributed by atoms with E-state index >= 15 is 0 Å². The van der Waals surface area contributed by atoms with Gasteiger partial charge in [-0.3, -0.25) is 19.3 Å². The van der Waals surface area contributed by atoms with E-state index < -0.39 is 23.3 Å². The molecule has 1 fully saturated rings. The number of rotatable bonds is 11. The molecule has 10 nitrogen and oxygen atoms in total. The lowest BCUT2D eigenvalue weighted by molar-refractivity contribution is -0.689. The normalized spacial score (nSPS) is 18.3. The number of nitrogens with zero attached hydrogens (tertiary/aromatic N) is 2. The van der Waals surface area contributed by atoms with Crippen LogP contribution in [0.1, 0.15) is 5.56 Å². The van der Waals surface area contributed by atoms with Gasteiger partial charge in [-0.25, -0.2) is 9.36 Å². The highest BCUT2D eigenvalue weighted by atomic mass is 35.5. The number of amides is 3. The van der Waals surface area contributed by atoms with Crippen LogP contribution in [0.15, 0.2) is 58.9 Å². The molecule has 2 aromatic rings. The average Bonchev–Trinajstić information content (AvgIpc) is 2.90. The summed E-state index contributed by atoms with van der Waals surface area (Å²) in [5.74, 6) is -1.83. The van der Waals surface area contributed by atoms with Crippen molar-refractivity contribution in [2.75, 3.05) is 24.6 Å². The number of pyridine rings is 1. The molecule has 1 saturated heterocycles. The van der Waals surface area contributed by atoms with Gasteiger partial charge >= 0.3 is 5.97 Å². The molecule has 0 spiro atoms. The van der Waals surface area contributed by atoms with E-state index in [0.29, 0.717) is 39.4 Å². The second-order valence-electron chi connectivity index (χ2n) is 8.78. The van der Waals surface area contributed by atoms with Crippen molar-refractivity contribution in [1.82, 2.24) is 15.5 Å². The van der Waals surface area contributed by atoms with Crippen LogP contribution in [0.25, 0.3) is 0 Å². The van der Waals surface area contributed by atoms with Gasteiger partial charge in [-0.1, -0.05) is 23.2 Å². The highest BCUT2D eigenvalue weighted by molar-refractivity contribution is 8.00. The van der Waals surface area contributed by atoms with Crippen LogP contribution >= 0.6 is 46.7 Å². The molecule has 2 aliphatic rings. The van der Waals surface area contributed by atoms with Crippen molar-refractivity contribution < 1.29 is 28.9 Å². The van der Waals surface area contributed by atoms with E-state index in [-0.39, 0.29) is 36.2 Å². The smallest absolute Gasteiger partial charge is 0.352 e. The molecule has 206 valence electrons. The Bertz CT molecular complexity index is 1340. The number of benzene rings is 1. The highest BCUT2D eigenvalue weighted by Gasteiger charge is 2.54. The molecule has 0 saturated carbocycles. The lowest BCUT2D eigenvalue weighted by atomic mass is 10.0. The summed E-state index contributed by atoms with van der Waals surface area (Å²) in [5.41, 5.74) is 6.65. The lowest BCUT2D eigenvalue weighted by Gasteiger charge is -2.49. The number of carbonyl (C=O) groups is 4. The molecule has 1 aromatic heterocycles. The molecule has 5 N–H and O–H groups in total. The maximum atomic E-state index is 13.0. The van der Waals surface area contributed by atoms with Gasteiger partial charge in [0.1, 0.15) is 17.1 Å². The van der Waals surface area contributed by atoms with Crippen LogP contribution in [-0.4, -0.2) is 69.7 Å². The molecule has 2 aliphatic heterocycles. The molecule has 39 heavy (non-hydrogen) atoms. The summed E-state index contributed by atoms with van der Waals surface area (Å²) in [6.45, 7) is 0.971. The Hall–Kier alpha value is -2.77. The third kappa shape index (κ3) is 7.06. The molecule has 4 rings (SSSR count). The second-order valence-corrected chi connectivity index (χ2v) is 11.7. The standard InChI is InChI=1S/C25H25Cl2N5O5S2/c26-16-3-4-17(27)18(9-16)38-13-20(34)30-21-23(35)32-22(25(36)37)15(12-39-24(21)32)11-31-7-1-2-14(10-31)8-19(33)29-6-5-28/h1-4,7,9-10,21,24H,5-6,8,11-13,28H2,(H2-,29,30,33,34,36,37)/p+1/t21-,24-/m1/s1. The number of hydrogen-bond acceptors (Lipinski definition) is 7. The number of carboxylic acids is 1. The van der Waals surface area contributed by atoms with E-state index in [1.54, 1.807) is 41.2 Å². The summed E-state index contributed by atoms with van der Waals surface area (Å²) in [7, 11) is 0. The van der Waals surface area contributed by atoms with Gasteiger partial charge in [0.2, 0.25) is 11.8 Å². The lowest BCUT2D eigenvalue weighted by Crippen LogP contribution is -2.71. The number of carboxylic acid groups (broad SMARTS) is 1. The number of thioether (sulfide) groups is 2. The number of nitrogens with two attached hydrogens (primary N) is 1. The molecule has 0 aliphatic carbocycles. The fourth-order valence-corrected chi connectivity index (χ4v) is 6.85. The van der Waals surface area contributed by atoms with Crippen molar-refractivity contribution in [3.8, 4) is 0 Å². The van der Waals surface area contributed by atoms with Crippen LogP contribution in [0.5, 0.6) is 0 Å². The summed E-state index contributed by atoms with van der Waals surface area (Å²) in [6.07, 6.45) is 3.71. The molecule has 3 heterocycles. The number of aliphatic carboxylic acids is 1. The number of nitrogens with one attached hydrogen (secondary N) is 2. The van der Waals surface area contributed by atoms with Crippen LogP contribution in [0, 0.1) is 0 Å². The fourth-order valence-electron chi connectivity index (χ4n) is 4.21. The monoisotopic (exact) mass is 610 g/mol. The van der Waals surface area contributed by atoms with Gasteiger partial charge in [-0.2, -0.15) is 0 Å². The highest BCUT2D eigenvalue weighted by Crippen LogP contribution is 2.40. The van der Waals surface area contributed by atoms with Crippen LogP contribution in [0.4, 0.5) is 0 Å². The third-order valence-corrected chi connectivity index (χ3v) is 9.01. The van der Waals surface area contributed by atoms with Crippen LogP contribution in [0.2, 0.25) is 10.0 Å². The van der Waals surface area contributed by atoms with Gasteiger partial charge in [-0.05, 0) is 24.3 Å². The number of aromatic nitrogens is 1. The van der Waals surface area contributed by atoms with Gasteiger partial charge < -0.3 is 21.5 Å². The van der Waals surface area contributed by atoms with Gasteiger partial charge in [-0.15, -0.1) is 23.5 Å². The quantitative estimate of drug-likeness (QED) is 0.170. The summed E-state index contributed by atoms with van der Waals surface area (Å²) in [6, 6.07) is 7.71. The van der Waals surface area contributed by atoms with Crippen molar-refractivity contribution in [2.45, 2.75) is 29.3 Å². The molecular formula is C25H26Cl2N5O5S2+. The van der Waals surface area contributed by atoms with Gasteiger partial charge in [0.15, 0.2) is 18.9 Å². The Morgan fingerprint density at radius 3 is 2.77 bits per heavy atom. The van der Waals surface area contributed by atoms with Crippen LogP contribution < -0.4 is 20.9 Å². The summed E-state index contributed by atoms with van der Waals surface area (Å²) < 4.78 is 1.78. The summed E-state index contributed by atoms with van der Waals surface area (Å²) in [4.78, 5) is 51.7. The largest absolute Gasteiger partial charge is 0.477 e. The van der Waals surface area contributed by atoms with Crippen LogP contribution in [-0.2, 0) is 32.1 Å². The zero-order valence-electron chi connectivity index (χ0n) is 20.6. The van der Waals surface area contributed by atoms with E-state index in [9.17, 15) is 24.3 Å². The van der Waals surface area contributed by atoms with E-state index in [1.807, 2.05) is 6.07 Å². The zero-order chi connectivity index (χ0) is 28.1. The Morgan fingerprint density at radius 1 is 1.23 bits per heavy atom. The predicted octanol–water partition coefficient (Wildman–Crippen LogP) is 1.43. The minimum Gasteiger partial charge on any atom is -0.477 e. The van der Waals surface area contributed by atoms with Crippen molar-refractivity contribution >= 4 is 70.4 Å². The molecule has 3 amide bonds. The topological polar surface area (TPSA) is 146 Å². The Morgan fingerprint density at radius 2 is 2.03 bits per heavy atom. The first kappa shape index (κ1) is 29.2. The first-order valence-corrected chi connectivity index (χ1v) is 14.7. The first-order valence-electron chi connectivity index (χ1n) is 11.9. The molecule has 14 heteroatoms. The van der Waals surface area contributed by atoms with E-state index in [4.69, 9.17) is 28.9 Å². The third-order valence-electron chi connectivity index (χ3n) is 5.94. The second kappa shape index (κ2) is 13.1. The van der Waals surface area contributed by atoms with Gasteiger partial charge in [0.05, 0.1) is 17.2 Å². The maximum Gasteiger partial charge on any atom is 0.352 e. The van der Waals surface area contributed by atoms with Crippen molar-refractivity contribution in [1.29, 1.82) is 0 Å². The molecule has 0 bridgehead atoms. The van der Waals surface area contributed by atoms with Crippen molar-refractivity contribution in [3.05, 3.63) is 69.6 Å². The van der Waals surface area contributed by atoms with Crippen LogP contribution in [0.3, 0.4) is 0 Å². The number of halogens is 2. The molecule has 1 aromatic carbocycles. The van der Waals surface area contributed by atoms with Crippen molar-refractivity contribution in [2.24, 2.45) is 5.73 Å². The number of β-lactam (4-membered cyclic amide) rings is 1. The number of hydrogen-bond donors (Lipinski definition) is 4. The average molecular weight is 612 g/mol. The zero-order valence-corrected chi connectivity index (χ0v) is 23.7. The van der Waals surface area contributed by atoms with Gasteiger partial charge in [0.25, 0.3) is 5.91 Å². The van der Waals surface area contributed by atoms with E-state index in [2.05, 4.69) is 10.6 Å². The minimum atomic E-state index is -1.21. The number of fused-ring (bicyclic) bond motifs is 1. The van der Waals surface area contributed by atoms with E-state index in [0.717, 1.165) is 5.56 Å². The SMILES string of the molecule is NCCNC(=O)Cc1ccc[n+](CC2=C(C(=O)O)N3C(=O)[C@@H](NC(=O)CSc4cc(Cl)ccc4Cl)[C@H]3SC2)c1. The van der Waals surface area contributed by atoms with Crippen molar-refractivity contribution in [3.63, 3.8) is 0 Å². The Kier molecular flexibility index (Phi) is 9.78. The molecule has 2 atom stereocenters. The molecule has 0 unspecified atom stereocenters. The van der Waals surface area contributed by atoms with E-state index in [1.165, 1.54) is 28.4 Å². The number of carbonyl (C=O) groups excluding carboxylic acids is 3. The Labute approximate surface area is 243 Å². The molecule has 0 radical (unpaired) electrons. The summed E-state index contributed by atoms with van der Waals surface area (Å²) >= 11 is 14.7. The fraction of sp³-hybridized carbons (Fsp3) is 0.320.